The number of pyridine rings is 1. The molecule has 0 saturated carbocycles. The van der Waals surface area contributed by atoms with Crippen molar-refractivity contribution in [2.75, 3.05) is 0 Å². The van der Waals surface area contributed by atoms with Crippen LogP contribution in [0.5, 0.6) is 0 Å². The maximum atomic E-state index is 12.9. The summed E-state index contributed by atoms with van der Waals surface area (Å²) in [7, 11) is -3.68. The van der Waals surface area contributed by atoms with Crippen LogP contribution in [-0.4, -0.2) is 18.4 Å². The number of hydrogen-bond donors (Lipinski definition) is 1. The molecule has 0 amide bonds. The van der Waals surface area contributed by atoms with E-state index >= 15 is 0 Å². The van der Waals surface area contributed by atoms with Gasteiger partial charge in [0.1, 0.15) is 11.5 Å². The van der Waals surface area contributed by atoms with Crippen molar-refractivity contribution in [2.24, 2.45) is 0 Å². The Morgan fingerprint density at radius 2 is 1.84 bits per heavy atom. The van der Waals surface area contributed by atoms with Gasteiger partial charge in [0.2, 0.25) is 9.84 Å². The molecular formula is C13H9FN2O2S. The first kappa shape index (κ1) is 11.9. The minimum atomic E-state index is -3.68. The summed E-state index contributed by atoms with van der Waals surface area (Å²) in [4.78, 5) is 7.05. The number of nitrogens with zero attached hydrogens (tertiary/aromatic N) is 1. The molecule has 3 rings (SSSR count). The summed E-state index contributed by atoms with van der Waals surface area (Å²) in [6.07, 6.45) is 2.98. The van der Waals surface area contributed by atoms with E-state index < -0.39 is 15.7 Å². The first-order valence-corrected chi connectivity index (χ1v) is 7.00. The van der Waals surface area contributed by atoms with Gasteiger partial charge < -0.3 is 4.98 Å². The van der Waals surface area contributed by atoms with Crippen LogP contribution in [0.3, 0.4) is 0 Å². The van der Waals surface area contributed by atoms with Gasteiger partial charge in [-0.1, -0.05) is 0 Å². The second-order valence-electron chi connectivity index (χ2n) is 4.01. The summed E-state index contributed by atoms with van der Waals surface area (Å²) >= 11 is 0. The van der Waals surface area contributed by atoms with E-state index in [-0.39, 0.29) is 9.79 Å². The molecule has 96 valence electrons. The summed E-state index contributed by atoms with van der Waals surface area (Å²) in [6, 6.07) is 8.09. The highest BCUT2D eigenvalue weighted by molar-refractivity contribution is 7.91. The van der Waals surface area contributed by atoms with Crippen LogP contribution in [0.1, 0.15) is 0 Å². The molecule has 0 radical (unpaired) electrons. The lowest BCUT2D eigenvalue weighted by atomic mass is 10.3. The Bertz CT molecular complexity index is 838. The largest absolute Gasteiger partial charge is 0.345 e. The first-order chi connectivity index (χ1) is 9.09. The highest BCUT2D eigenvalue weighted by atomic mass is 32.2. The number of halogens is 1. The smallest absolute Gasteiger partial charge is 0.208 e. The van der Waals surface area contributed by atoms with Crippen LogP contribution in [0.2, 0.25) is 0 Å². The van der Waals surface area contributed by atoms with Crippen LogP contribution < -0.4 is 0 Å². The summed E-state index contributed by atoms with van der Waals surface area (Å²) in [5.74, 6) is -0.473. The molecule has 1 aromatic carbocycles. The molecule has 2 heterocycles. The third-order valence-corrected chi connectivity index (χ3v) is 4.64. The average molecular weight is 276 g/mol. The van der Waals surface area contributed by atoms with E-state index in [4.69, 9.17) is 0 Å². The Kier molecular flexibility index (Phi) is 2.60. The summed E-state index contributed by atoms with van der Waals surface area (Å²) < 4.78 is 37.8. The van der Waals surface area contributed by atoms with Crippen molar-refractivity contribution in [3.05, 3.63) is 54.6 Å². The highest BCUT2D eigenvalue weighted by Gasteiger charge is 2.21. The van der Waals surface area contributed by atoms with E-state index in [1.807, 2.05) is 0 Å². The predicted molar refractivity (Wildman–Crippen MR) is 67.9 cm³/mol. The number of rotatable bonds is 2. The SMILES string of the molecule is O=S(=O)(c1ccc(F)cc1)c1c[nH]c2ncccc12. The summed E-state index contributed by atoms with van der Waals surface area (Å²) in [5.41, 5.74) is 0.503. The lowest BCUT2D eigenvalue weighted by Crippen LogP contribution is -2.01. The molecule has 0 atom stereocenters. The Morgan fingerprint density at radius 3 is 2.58 bits per heavy atom. The van der Waals surface area contributed by atoms with E-state index in [1.165, 1.54) is 18.3 Å². The van der Waals surface area contributed by atoms with Crippen molar-refractivity contribution >= 4 is 20.9 Å². The molecule has 0 spiro atoms. The summed E-state index contributed by atoms with van der Waals surface area (Å²) in [6.45, 7) is 0. The second kappa shape index (κ2) is 4.17. The molecule has 19 heavy (non-hydrogen) atoms. The second-order valence-corrected chi connectivity index (χ2v) is 5.93. The van der Waals surface area contributed by atoms with E-state index in [0.717, 1.165) is 12.1 Å². The van der Waals surface area contributed by atoms with Crippen LogP contribution in [-0.2, 0) is 9.84 Å². The number of sulfone groups is 1. The molecule has 0 saturated heterocycles. The molecule has 3 aromatic rings. The molecular weight excluding hydrogens is 267 g/mol. The van der Waals surface area contributed by atoms with Crippen LogP contribution in [0.15, 0.2) is 58.6 Å². The van der Waals surface area contributed by atoms with Crippen molar-refractivity contribution in [1.29, 1.82) is 0 Å². The Hall–Kier alpha value is -2.21. The number of hydrogen-bond acceptors (Lipinski definition) is 3. The van der Waals surface area contributed by atoms with Gasteiger partial charge in [-0.25, -0.2) is 17.8 Å². The summed E-state index contributed by atoms with van der Waals surface area (Å²) in [5, 5.41) is 0.520. The molecule has 0 unspecified atom stereocenters. The van der Waals surface area contributed by atoms with Crippen molar-refractivity contribution in [3.8, 4) is 0 Å². The molecule has 2 aromatic heterocycles. The van der Waals surface area contributed by atoms with Gasteiger partial charge in [0.05, 0.1) is 9.79 Å². The molecule has 4 nitrogen and oxygen atoms in total. The van der Waals surface area contributed by atoms with E-state index in [2.05, 4.69) is 9.97 Å². The van der Waals surface area contributed by atoms with Gasteiger partial charge in [-0.2, -0.15) is 0 Å². The van der Waals surface area contributed by atoms with Crippen molar-refractivity contribution in [3.63, 3.8) is 0 Å². The fraction of sp³-hybridized carbons (Fsp3) is 0. The Balaban J connectivity index is 2.22. The third kappa shape index (κ3) is 1.90. The molecule has 0 bridgehead atoms. The van der Waals surface area contributed by atoms with Gasteiger partial charge in [0.15, 0.2) is 0 Å². The molecule has 0 aliphatic carbocycles. The zero-order chi connectivity index (χ0) is 13.5. The molecule has 0 aliphatic heterocycles. The minimum absolute atomic E-state index is 0.0543. The van der Waals surface area contributed by atoms with Crippen molar-refractivity contribution < 1.29 is 12.8 Å². The monoisotopic (exact) mass is 276 g/mol. The van der Waals surface area contributed by atoms with E-state index in [0.29, 0.717) is 11.0 Å². The van der Waals surface area contributed by atoms with Crippen LogP contribution in [0.4, 0.5) is 4.39 Å². The zero-order valence-electron chi connectivity index (χ0n) is 9.67. The zero-order valence-corrected chi connectivity index (χ0v) is 10.5. The number of benzene rings is 1. The fourth-order valence-electron chi connectivity index (χ4n) is 1.89. The van der Waals surface area contributed by atoms with Gasteiger partial charge in [-0.05, 0) is 36.4 Å². The fourth-order valence-corrected chi connectivity index (χ4v) is 3.31. The minimum Gasteiger partial charge on any atom is -0.345 e. The van der Waals surface area contributed by atoms with Crippen LogP contribution >= 0.6 is 0 Å². The predicted octanol–water partition coefficient (Wildman–Crippen LogP) is 2.53. The van der Waals surface area contributed by atoms with Gasteiger partial charge >= 0.3 is 0 Å². The number of nitrogens with one attached hydrogen (secondary N) is 1. The standard InChI is InChI=1S/C13H9FN2O2S/c14-9-3-5-10(6-4-9)19(17,18)12-8-16-13-11(12)2-1-7-15-13/h1-8H,(H,15,16). The van der Waals surface area contributed by atoms with Gasteiger partial charge in [-0.3, -0.25) is 0 Å². The molecule has 0 fully saturated rings. The van der Waals surface area contributed by atoms with E-state index in [1.54, 1.807) is 18.3 Å². The van der Waals surface area contributed by atoms with Crippen LogP contribution in [0.25, 0.3) is 11.0 Å². The van der Waals surface area contributed by atoms with E-state index in [9.17, 15) is 12.8 Å². The first-order valence-electron chi connectivity index (χ1n) is 5.52. The van der Waals surface area contributed by atoms with Gasteiger partial charge in [0, 0.05) is 17.8 Å². The average Bonchev–Trinajstić information content (AvgIpc) is 2.83. The maximum Gasteiger partial charge on any atom is 0.208 e. The van der Waals surface area contributed by atoms with Gasteiger partial charge in [-0.15, -0.1) is 0 Å². The maximum absolute atomic E-state index is 12.9. The molecule has 0 aliphatic rings. The highest BCUT2D eigenvalue weighted by Crippen LogP contribution is 2.27. The lowest BCUT2D eigenvalue weighted by molar-refractivity contribution is 0.595. The quantitative estimate of drug-likeness (QED) is 0.732. The topological polar surface area (TPSA) is 62.8 Å². The third-order valence-electron chi connectivity index (χ3n) is 2.83. The normalized spacial score (nSPS) is 11.8. The Labute approximate surface area is 108 Å². The van der Waals surface area contributed by atoms with Crippen molar-refractivity contribution in [1.82, 2.24) is 9.97 Å². The lowest BCUT2D eigenvalue weighted by Gasteiger charge is -2.02. The van der Waals surface area contributed by atoms with Crippen LogP contribution in [0, 0.1) is 5.82 Å². The number of fused-ring (bicyclic) bond motifs is 1. The number of aromatic nitrogens is 2. The Morgan fingerprint density at radius 1 is 1.11 bits per heavy atom. The van der Waals surface area contributed by atoms with Crippen molar-refractivity contribution in [2.45, 2.75) is 9.79 Å². The number of aromatic amines is 1. The number of H-pyrrole nitrogens is 1. The molecule has 1 N–H and O–H groups in total. The van der Waals surface area contributed by atoms with Gasteiger partial charge in [0.25, 0.3) is 0 Å². The molecule has 6 heteroatoms.